The molecule has 0 rings (SSSR count). The van der Waals surface area contributed by atoms with Crippen LogP contribution in [0.4, 0.5) is 0 Å². The molecule has 0 aliphatic heterocycles. The monoisotopic (exact) mass is 318 g/mol. The summed E-state index contributed by atoms with van der Waals surface area (Å²) in [5.74, 6) is 0.148. The molecule has 0 aliphatic rings. The van der Waals surface area contributed by atoms with E-state index in [4.69, 9.17) is 18.9 Å². The fourth-order valence-electron chi connectivity index (χ4n) is 1.38. The summed E-state index contributed by atoms with van der Waals surface area (Å²) >= 11 is 0. The number of hydrogen-bond acceptors (Lipinski definition) is 5. The fraction of sp³-hybridized carbons (Fsp3) is 0.941. The minimum absolute atomic E-state index is 0.0277. The molecule has 132 valence electrons. The van der Waals surface area contributed by atoms with Crippen molar-refractivity contribution < 1.29 is 23.7 Å². The van der Waals surface area contributed by atoms with Gasteiger partial charge in [0.05, 0.1) is 39.6 Å². The first-order valence-corrected chi connectivity index (χ1v) is 8.16. The Hall–Kier alpha value is -0.490. The molecule has 0 N–H and O–H groups in total. The predicted octanol–water partition coefficient (Wildman–Crippen LogP) is 2.71. The van der Waals surface area contributed by atoms with Gasteiger partial charge in [-0.25, -0.2) is 0 Å². The summed E-state index contributed by atoms with van der Waals surface area (Å²) in [4.78, 5) is 11.3. The highest BCUT2D eigenvalue weighted by atomic mass is 16.6. The zero-order valence-electron chi connectivity index (χ0n) is 15.0. The van der Waals surface area contributed by atoms with Gasteiger partial charge in [-0.2, -0.15) is 0 Å². The van der Waals surface area contributed by atoms with E-state index < -0.39 is 0 Å². The number of Topliss-reactive ketones (excluding diaryl/α,β-unsaturated/α-hetero) is 1. The Balaban J connectivity index is 3.13. The van der Waals surface area contributed by atoms with Gasteiger partial charge in [-0.15, -0.1) is 0 Å². The molecule has 0 radical (unpaired) electrons. The van der Waals surface area contributed by atoms with Crippen LogP contribution in [0.5, 0.6) is 0 Å². The number of carbonyl (C=O) groups is 1. The second-order valence-electron chi connectivity index (χ2n) is 6.82. The first kappa shape index (κ1) is 21.5. The van der Waals surface area contributed by atoms with Crippen molar-refractivity contribution >= 4 is 5.78 Å². The van der Waals surface area contributed by atoms with Crippen molar-refractivity contribution in [2.24, 2.45) is 11.3 Å². The number of ether oxygens (including phenoxy) is 4. The summed E-state index contributed by atoms with van der Waals surface area (Å²) in [6, 6.07) is 0. The van der Waals surface area contributed by atoms with E-state index in [0.29, 0.717) is 45.1 Å². The smallest absolute Gasteiger partial charge is 0.160 e. The molecule has 0 saturated heterocycles. The average Bonchev–Trinajstić information content (AvgIpc) is 2.42. The molecule has 0 fully saturated rings. The molecule has 0 amide bonds. The maximum atomic E-state index is 11.3. The number of hydrogen-bond donors (Lipinski definition) is 0. The summed E-state index contributed by atoms with van der Waals surface area (Å²) in [6.45, 7) is 14.5. The van der Waals surface area contributed by atoms with E-state index in [9.17, 15) is 4.79 Å². The van der Waals surface area contributed by atoms with Gasteiger partial charge >= 0.3 is 0 Å². The lowest BCUT2D eigenvalue weighted by molar-refractivity contribution is -0.127. The minimum Gasteiger partial charge on any atom is -0.379 e. The summed E-state index contributed by atoms with van der Waals surface area (Å²) in [5, 5.41) is 0. The molecule has 22 heavy (non-hydrogen) atoms. The number of rotatable bonds is 14. The van der Waals surface area contributed by atoms with Crippen LogP contribution < -0.4 is 0 Å². The van der Waals surface area contributed by atoms with Crippen molar-refractivity contribution in [3.05, 3.63) is 0 Å². The SMILES string of the molecule is CC(C)C(=O)COCCOCCOCCOCCC(C)(C)C. The van der Waals surface area contributed by atoms with E-state index in [1.54, 1.807) is 0 Å². The number of carbonyl (C=O) groups excluding carboxylic acids is 1. The van der Waals surface area contributed by atoms with Gasteiger partial charge in [0.2, 0.25) is 0 Å². The van der Waals surface area contributed by atoms with Gasteiger partial charge in [0, 0.05) is 12.5 Å². The van der Waals surface area contributed by atoms with Crippen molar-refractivity contribution in [1.29, 1.82) is 0 Å². The Morgan fingerprint density at radius 3 is 1.59 bits per heavy atom. The first-order chi connectivity index (χ1) is 10.3. The van der Waals surface area contributed by atoms with Crippen molar-refractivity contribution in [1.82, 2.24) is 0 Å². The topological polar surface area (TPSA) is 54.0 Å². The molecule has 0 atom stereocenters. The minimum atomic E-state index is 0.0277. The van der Waals surface area contributed by atoms with Crippen molar-refractivity contribution in [2.75, 3.05) is 52.9 Å². The molecule has 0 aromatic carbocycles. The third-order valence-electron chi connectivity index (χ3n) is 3.00. The van der Waals surface area contributed by atoms with Crippen LogP contribution in [0.15, 0.2) is 0 Å². The molecule has 0 aromatic rings. The second-order valence-corrected chi connectivity index (χ2v) is 6.82. The van der Waals surface area contributed by atoms with E-state index in [0.717, 1.165) is 13.0 Å². The Labute approximate surface area is 135 Å². The average molecular weight is 318 g/mol. The highest BCUT2D eigenvalue weighted by molar-refractivity contribution is 5.81. The van der Waals surface area contributed by atoms with Crippen molar-refractivity contribution in [2.45, 2.75) is 41.0 Å². The van der Waals surface area contributed by atoms with Gasteiger partial charge < -0.3 is 18.9 Å². The molecule has 0 unspecified atom stereocenters. The quantitative estimate of drug-likeness (QED) is 0.461. The maximum Gasteiger partial charge on any atom is 0.160 e. The lowest BCUT2D eigenvalue weighted by Gasteiger charge is -2.17. The molecular weight excluding hydrogens is 284 g/mol. The van der Waals surface area contributed by atoms with Crippen molar-refractivity contribution in [3.63, 3.8) is 0 Å². The van der Waals surface area contributed by atoms with Crippen molar-refractivity contribution in [3.8, 4) is 0 Å². The van der Waals surface area contributed by atoms with Gasteiger partial charge in [-0.1, -0.05) is 34.6 Å². The van der Waals surface area contributed by atoms with Crippen LogP contribution in [0.2, 0.25) is 0 Å². The van der Waals surface area contributed by atoms with Gasteiger partial charge in [0.1, 0.15) is 6.61 Å². The standard InChI is InChI=1S/C17H34O5/c1-15(2)16(18)14-22-13-12-21-11-10-20-9-8-19-7-6-17(3,4)5/h15H,6-14H2,1-5H3. The third kappa shape index (κ3) is 15.9. The summed E-state index contributed by atoms with van der Waals surface area (Å²) < 4.78 is 21.5. The second kappa shape index (κ2) is 13.0. The molecule has 0 aliphatic carbocycles. The summed E-state index contributed by atoms with van der Waals surface area (Å²) in [5.41, 5.74) is 0.316. The normalized spacial score (nSPS) is 12.1. The van der Waals surface area contributed by atoms with E-state index in [2.05, 4.69) is 20.8 Å². The number of ketones is 1. The van der Waals surface area contributed by atoms with Crippen LogP contribution in [-0.4, -0.2) is 58.6 Å². The molecule has 0 bridgehead atoms. The summed E-state index contributed by atoms with van der Waals surface area (Å²) in [7, 11) is 0. The molecule has 0 heterocycles. The molecular formula is C17H34O5. The Morgan fingerprint density at radius 2 is 1.18 bits per heavy atom. The maximum absolute atomic E-state index is 11.3. The lowest BCUT2D eigenvalue weighted by atomic mass is 9.93. The Bertz CT molecular complexity index is 271. The third-order valence-corrected chi connectivity index (χ3v) is 3.00. The van der Waals surface area contributed by atoms with Gasteiger partial charge in [0.15, 0.2) is 5.78 Å². The highest BCUT2D eigenvalue weighted by Crippen LogP contribution is 2.17. The lowest BCUT2D eigenvalue weighted by Crippen LogP contribution is -2.17. The van der Waals surface area contributed by atoms with E-state index >= 15 is 0 Å². The van der Waals surface area contributed by atoms with Crippen LogP contribution in [0, 0.1) is 11.3 Å². The van der Waals surface area contributed by atoms with Crippen LogP contribution in [-0.2, 0) is 23.7 Å². The van der Waals surface area contributed by atoms with E-state index in [-0.39, 0.29) is 18.3 Å². The zero-order valence-corrected chi connectivity index (χ0v) is 15.0. The van der Waals surface area contributed by atoms with Crippen LogP contribution in [0.3, 0.4) is 0 Å². The van der Waals surface area contributed by atoms with E-state index in [1.807, 2.05) is 13.8 Å². The Morgan fingerprint density at radius 1 is 0.773 bits per heavy atom. The first-order valence-electron chi connectivity index (χ1n) is 8.16. The van der Waals surface area contributed by atoms with Crippen LogP contribution in [0.1, 0.15) is 41.0 Å². The van der Waals surface area contributed by atoms with Crippen LogP contribution >= 0.6 is 0 Å². The zero-order chi connectivity index (χ0) is 16.8. The largest absolute Gasteiger partial charge is 0.379 e. The molecule has 0 aromatic heterocycles. The predicted molar refractivity (Wildman–Crippen MR) is 87.2 cm³/mol. The molecule has 5 heteroatoms. The summed E-state index contributed by atoms with van der Waals surface area (Å²) in [6.07, 6.45) is 1.05. The highest BCUT2D eigenvalue weighted by Gasteiger charge is 2.09. The van der Waals surface area contributed by atoms with Gasteiger partial charge in [-0.05, 0) is 11.8 Å². The molecule has 0 saturated carbocycles. The van der Waals surface area contributed by atoms with Gasteiger partial charge in [-0.3, -0.25) is 4.79 Å². The Kier molecular flexibility index (Phi) is 12.7. The van der Waals surface area contributed by atoms with Crippen LogP contribution in [0.25, 0.3) is 0 Å². The van der Waals surface area contributed by atoms with Gasteiger partial charge in [0.25, 0.3) is 0 Å². The molecule has 0 spiro atoms. The fourth-order valence-corrected chi connectivity index (χ4v) is 1.38. The molecule has 5 nitrogen and oxygen atoms in total. The van der Waals surface area contributed by atoms with E-state index in [1.165, 1.54) is 0 Å².